The summed E-state index contributed by atoms with van der Waals surface area (Å²) in [6, 6.07) is 1.79. The maximum absolute atomic E-state index is 14.7. The highest BCUT2D eigenvalue weighted by molar-refractivity contribution is 7.89. The lowest BCUT2D eigenvalue weighted by Gasteiger charge is -2.10. The van der Waals surface area contributed by atoms with E-state index < -0.39 is 50.5 Å². The van der Waals surface area contributed by atoms with Gasteiger partial charge < -0.3 is 9.88 Å². The molecule has 7 nitrogen and oxygen atoms in total. The fraction of sp³-hybridized carbons (Fsp3) is 0.375. The fourth-order valence-corrected chi connectivity index (χ4v) is 3.72. The number of anilines is 1. The molecule has 0 aliphatic carbocycles. The van der Waals surface area contributed by atoms with E-state index in [1.54, 1.807) is 13.8 Å². The number of sulfonamides is 1. The number of hydrogen-bond donors (Lipinski definition) is 2. The van der Waals surface area contributed by atoms with E-state index in [1.165, 1.54) is 13.1 Å². The predicted octanol–water partition coefficient (Wildman–Crippen LogP) is 2.83. The minimum atomic E-state index is -4.16. The van der Waals surface area contributed by atoms with Gasteiger partial charge in [0.05, 0.1) is 0 Å². The fourth-order valence-electron chi connectivity index (χ4n) is 2.26. The molecule has 0 unspecified atom stereocenters. The number of carbonyl (C=O) groups is 1. The first-order valence-corrected chi connectivity index (χ1v) is 9.47. The Bertz CT molecular complexity index is 944. The van der Waals surface area contributed by atoms with Gasteiger partial charge in [-0.25, -0.2) is 26.3 Å². The molecule has 2 heterocycles. The molecule has 1 amide bonds. The molecule has 2 aromatic heterocycles. The summed E-state index contributed by atoms with van der Waals surface area (Å²) in [6.45, 7) is 3.38. The number of nitrogens with zero attached hydrogens (tertiary/aromatic N) is 2. The topological polar surface area (TPSA) is 93.1 Å². The van der Waals surface area contributed by atoms with E-state index >= 15 is 0 Å². The molecule has 0 saturated heterocycles. The van der Waals surface area contributed by atoms with Crippen LogP contribution in [0.1, 0.15) is 42.9 Å². The zero-order valence-corrected chi connectivity index (χ0v) is 15.6. The van der Waals surface area contributed by atoms with Crippen molar-refractivity contribution in [3.63, 3.8) is 0 Å². The molecular weight excluding hydrogens is 385 g/mol. The number of nitrogens with one attached hydrogen (secondary N) is 2. The number of hydrogen-bond acceptors (Lipinski definition) is 4. The smallest absolute Gasteiger partial charge is 0.280 e. The van der Waals surface area contributed by atoms with Gasteiger partial charge in [-0.3, -0.25) is 9.78 Å². The third kappa shape index (κ3) is 4.66. The average Bonchev–Trinajstić information content (AvgIpc) is 2.90. The van der Waals surface area contributed by atoms with E-state index in [1.807, 2.05) is 0 Å². The number of aryl methyl sites for hydroxylation is 1. The number of halogens is 3. The van der Waals surface area contributed by atoms with Gasteiger partial charge in [-0.2, -0.15) is 0 Å². The molecule has 1 atom stereocenters. The van der Waals surface area contributed by atoms with Crippen LogP contribution in [0, 0.1) is 5.82 Å². The highest BCUT2D eigenvalue weighted by Crippen LogP contribution is 2.23. The van der Waals surface area contributed by atoms with E-state index in [4.69, 9.17) is 0 Å². The lowest BCUT2D eigenvalue weighted by atomic mass is 10.3. The molecule has 0 aliphatic rings. The Kier molecular flexibility index (Phi) is 6.26. The van der Waals surface area contributed by atoms with Crippen molar-refractivity contribution in [1.82, 2.24) is 14.3 Å². The third-order valence-corrected chi connectivity index (χ3v) is 5.40. The number of amides is 1. The van der Waals surface area contributed by atoms with Gasteiger partial charge in [0.25, 0.3) is 12.3 Å². The van der Waals surface area contributed by atoms with Crippen molar-refractivity contribution < 1.29 is 26.4 Å². The summed E-state index contributed by atoms with van der Waals surface area (Å²) in [4.78, 5) is 15.2. The number of carbonyl (C=O) groups excluding carboxylic acids is 1. The molecule has 0 aliphatic heterocycles. The van der Waals surface area contributed by atoms with Gasteiger partial charge in [0.15, 0.2) is 5.82 Å². The number of alkyl halides is 2. The summed E-state index contributed by atoms with van der Waals surface area (Å²) in [5, 5.41) is 2.26. The van der Waals surface area contributed by atoms with Gasteiger partial charge in [0.1, 0.15) is 16.3 Å². The van der Waals surface area contributed by atoms with Gasteiger partial charge >= 0.3 is 0 Å². The summed E-state index contributed by atoms with van der Waals surface area (Å²) >= 11 is 0. The van der Waals surface area contributed by atoms with E-state index in [0.29, 0.717) is 6.42 Å². The van der Waals surface area contributed by atoms with Crippen LogP contribution >= 0.6 is 0 Å². The average molecular weight is 404 g/mol. The van der Waals surface area contributed by atoms with E-state index in [0.717, 1.165) is 23.0 Å². The first kappa shape index (κ1) is 20.9. The number of aromatic nitrogens is 2. The SMILES string of the molecule is CC[C@@H](C)NS(=O)(=O)c1cn(C)c(C(=O)Nc2ccnc(C(F)F)c2)c1F. The van der Waals surface area contributed by atoms with Crippen LogP contribution in [-0.2, 0) is 17.1 Å². The molecule has 2 rings (SSSR count). The van der Waals surface area contributed by atoms with Crippen LogP contribution in [0.4, 0.5) is 18.9 Å². The van der Waals surface area contributed by atoms with Crippen molar-refractivity contribution in [3.05, 3.63) is 41.7 Å². The van der Waals surface area contributed by atoms with Gasteiger partial charge in [-0.15, -0.1) is 0 Å². The highest BCUT2D eigenvalue weighted by Gasteiger charge is 2.29. The van der Waals surface area contributed by atoms with Crippen molar-refractivity contribution in [3.8, 4) is 0 Å². The molecule has 11 heteroatoms. The summed E-state index contributed by atoms with van der Waals surface area (Å²) in [7, 11) is -2.86. The second-order valence-electron chi connectivity index (χ2n) is 5.92. The summed E-state index contributed by atoms with van der Waals surface area (Å²) in [5.41, 5.74) is -1.12. The van der Waals surface area contributed by atoms with Crippen LogP contribution in [0.25, 0.3) is 0 Å². The maximum atomic E-state index is 14.7. The molecule has 0 spiro atoms. The Hall–Kier alpha value is -2.40. The van der Waals surface area contributed by atoms with Crippen LogP contribution < -0.4 is 10.0 Å². The van der Waals surface area contributed by atoms with Crippen LogP contribution in [0.15, 0.2) is 29.4 Å². The lowest BCUT2D eigenvalue weighted by molar-refractivity contribution is 0.101. The molecular formula is C16H19F3N4O3S. The Morgan fingerprint density at radius 1 is 1.37 bits per heavy atom. The maximum Gasteiger partial charge on any atom is 0.280 e. The van der Waals surface area contributed by atoms with Crippen molar-refractivity contribution in [1.29, 1.82) is 0 Å². The van der Waals surface area contributed by atoms with Crippen LogP contribution in [0.5, 0.6) is 0 Å². The molecule has 27 heavy (non-hydrogen) atoms. The largest absolute Gasteiger partial charge is 0.343 e. The van der Waals surface area contributed by atoms with E-state index in [-0.39, 0.29) is 5.69 Å². The van der Waals surface area contributed by atoms with Crippen LogP contribution in [0.2, 0.25) is 0 Å². The Morgan fingerprint density at radius 3 is 2.63 bits per heavy atom. The van der Waals surface area contributed by atoms with Gasteiger partial charge in [0.2, 0.25) is 10.0 Å². The molecule has 0 bridgehead atoms. The van der Waals surface area contributed by atoms with Gasteiger partial charge in [0, 0.05) is 31.2 Å². The molecule has 0 saturated carbocycles. The summed E-state index contributed by atoms with van der Waals surface area (Å²) < 4.78 is 68.0. The molecule has 2 N–H and O–H groups in total. The Labute approximate surface area is 154 Å². The molecule has 0 radical (unpaired) electrons. The minimum Gasteiger partial charge on any atom is -0.343 e. The monoisotopic (exact) mass is 404 g/mol. The summed E-state index contributed by atoms with van der Waals surface area (Å²) in [5.74, 6) is -2.21. The molecule has 2 aromatic rings. The van der Waals surface area contributed by atoms with Gasteiger partial charge in [-0.1, -0.05) is 6.92 Å². The minimum absolute atomic E-state index is 0.0203. The first-order valence-electron chi connectivity index (χ1n) is 7.99. The van der Waals surface area contributed by atoms with Crippen molar-refractivity contribution in [2.45, 2.75) is 37.6 Å². The summed E-state index contributed by atoms with van der Waals surface area (Å²) in [6.07, 6.45) is -0.288. The predicted molar refractivity (Wildman–Crippen MR) is 92.6 cm³/mol. The van der Waals surface area contributed by atoms with Crippen LogP contribution in [-0.4, -0.2) is 29.9 Å². The third-order valence-electron chi connectivity index (χ3n) is 3.82. The first-order chi connectivity index (χ1) is 12.6. The van der Waals surface area contributed by atoms with Crippen molar-refractivity contribution >= 4 is 21.6 Å². The Balaban J connectivity index is 2.33. The molecule has 0 aromatic carbocycles. The molecule has 0 fully saturated rings. The van der Waals surface area contributed by atoms with Crippen molar-refractivity contribution in [2.75, 3.05) is 5.32 Å². The lowest BCUT2D eigenvalue weighted by Crippen LogP contribution is -2.32. The Morgan fingerprint density at radius 2 is 2.04 bits per heavy atom. The highest BCUT2D eigenvalue weighted by atomic mass is 32.2. The van der Waals surface area contributed by atoms with E-state index in [9.17, 15) is 26.4 Å². The van der Waals surface area contributed by atoms with Crippen LogP contribution in [0.3, 0.4) is 0 Å². The standard InChI is InChI=1S/C16H19F3N4O3S/c1-4-9(2)22-27(25,26)12-8-23(3)14(13(12)17)16(24)21-10-5-6-20-11(7-10)15(18)19/h5-9,15,22H,4H2,1-3H3,(H,20,21,24)/t9-/m1/s1. The number of pyridine rings is 1. The quantitative estimate of drug-likeness (QED) is 0.742. The zero-order chi connectivity index (χ0) is 20.4. The second-order valence-corrected chi connectivity index (χ2v) is 7.60. The van der Waals surface area contributed by atoms with Gasteiger partial charge in [-0.05, 0) is 25.5 Å². The normalized spacial score (nSPS) is 13.0. The second kappa shape index (κ2) is 8.09. The van der Waals surface area contributed by atoms with Crippen molar-refractivity contribution in [2.24, 2.45) is 7.05 Å². The molecule has 148 valence electrons. The van der Waals surface area contributed by atoms with E-state index in [2.05, 4.69) is 15.0 Å². The zero-order valence-electron chi connectivity index (χ0n) is 14.8. The number of rotatable bonds is 7.